The van der Waals surface area contributed by atoms with Crippen LogP contribution in [0.1, 0.15) is 252 Å². The van der Waals surface area contributed by atoms with Gasteiger partial charge in [0.05, 0.1) is 6.61 Å². The Morgan fingerprint density at radius 2 is 0.853 bits per heavy atom. The van der Waals surface area contributed by atoms with Crippen molar-refractivity contribution in [3.63, 3.8) is 0 Å². The zero-order valence-electron chi connectivity index (χ0n) is 47.3. The second-order valence-electron chi connectivity index (χ2n) is 20.3. The lowest BCUT2D eigenvalue weighted by molar-refractivity contribution is -0.301. The molecule has 12 heteroatoms. The van der Waals surface area contributed by atoms with Crippen molar-refractivity contribution in [2.75, 3.05) is 13.2 Å². The summed E-state index contributed by atoms with van der Waals surface area (Å²) in [5, 5.41) is 31.4. The first kappa shape index (κ1) is 69.2. The zero-order chi connectivity index (χ0) is 54.7. The Balaban J connectivity index is 2.66. The van der Waals surface area contributed by atoms with Crippen LogP contribution in [0.4, 0.5) is 0 Å². The lowest BCUT2D eigenvalue weighted by Gasteiger charge is -2.40. The molecule has 0 aliphatic carbocycles. The minimum atomic E-state index is -1.92. The lowest BCUT2D eigenvalue weighted by Crippen LogP contribution is -2.61. The molecule has 0 spiro atoms. The van der Waals surface area contributed by atoms with Crippen LogP contribution in [0.5, 0.6) is 0 Å². The molecule has 0 amide bonds. The molecule has 1 aliphatic rings. The molecule has 75 heavy (non-hydrogen) atoms. The predicted octanol–water partition coefficient (Wildman–Crippen LogP) is 15.3. The third-order valence-electron chi connectivity index (χ3n) is 13.3. The third kappa shape index (κ3) is 41.0. The van der Waals surface area contributed by atoms with Crippen molar-refractivity contribution in [2.45, 2.75) is 289 Å². The van der Waals surface area contributed by atoms with E-state index < -0.39 is 67.3 Å². The molecule has 1 saturated heterocycles. The van der Waals surface area contributed by atoms with Crippen molar-refractivity contribution < 1.29 is 58.2 Å². The number of carbonyl (C=O) groups is 4. The summed E-state index contributed by atoms with van der Waals surface area (Å²) in [7, 11) is 0. The summed E-state index contributed by atoms with van der Waals surface area (Å²) in [6.07, 6.45) is 51.8. The minimum absolute atomic E-state index is 0.0184. The molecular formula is C63H106O12. The van der Waals surface area contributed by atoms with E-state index in [4.69, 9.17) is 23.7 Å². The highest BCUT2D eigenvalue weighted by Crippen LogP contribution is 2.26. The van der Waals surface area contributed by atoms with Gasteiger partial charge in [0, 0.05) is 19.3 Å². The van der Waals surface area contributed by atoms with Crippen LogP contribution in [0.25, 0.3) is 0 Å². The van der Waals surface area contributed by atoms with Gasteiger partial charge in [0.25, 0.3) is 0 Å². The fourth-order valence-electron chi connectivity index (χ4n) is 8.69. The molecule has 3 N–H and O–H groups in total. The van der Waals surface area contributed by atoms with Crippen molar-refractivity contribution in [1.82, 2.24) is 0 Å². The second kappa shape index (κ2) is 50.9. The molecule has 6 unspecified atom stereocenters. The molecule has 1 aliphatic heterocycles. The number of carboxylic acids is 1. The van der Waals surface area contributed by atoms with Gasteiger partial charge < -0.3 is 39.0 Å². The quantitative estimate of drug-likeness (QED) is 0.0228. The molecule has 0 radical (unpaired) electrons. The van der Waals surface area contributed by atoms with Gasteiger partial charge in [-0.3, -0.25) is 14.4 Å². The molecule has 0 aromatic heterocycles. The third-order valence-corrected chi connectivity index (χ3v) is 13.3. The Morgan fingerprint density at radius 1 is 0.453 bits per heavy atom. The first-order chi connectivity index (χ1) is 36.6. The van der Waals surface area contributed by atoms with E-state index in [1.54, 1.807) is 0 Å². The maximum Gasteiger partial charge on any atom is 0.335 e. The van der Waals surface area contributed by atoms with Gasteiger partial charge in [0.2, 0.25) is 0 Å². The van der Waals surface area contributed by atoms with Gasteiger partial charge in [-0.2, -0.15) is 0 Å². The highest BCUT2D eigenvalue weighted by atomic mass is 16.7. The maximum atomic E-state index is 13.1. The van der Waals surface area contributed by atoms with Crippen LogP contribution in [0.15, 0.2) is 72.9 Å². The van der Waals surface area contributed by atoms with Gasteiger partial charge >= 0.3 is 23.9 Å². The number of allylic oxidation sites excluding steroid dienone is 12. The Kier molecular flexibility index (Phi) is 47.0. The molecule has 430 valence electrons. The number of hydrogen-bond acceptors (Lipinski definition) is 11. The van der Waals surface area contributed by atoms with E-state index in [2.05, 4.69) is 81.5 Å². The molecule has 0 aromatic carbocycles. The van der Waals surface area contributed by atoms with E-state index in [9.17, 15) is 34.5 Å². The van der Waals surface area contributed by atoms with E-state index >= 15 is 0 Å². The van der Waals surface area contributed by atoms with E-state index in [1.807, 2.05) is 12.2 Å². The fourth-order valence-corrected chi connectivity index (χ4v) is 8.69. The minimum Gasteiger partial charge on any atom is -0.479 e. The Labute approximate surface area is 455 Å². The average molecular weight is 1060 g/mol. The number of esters is 3. The summed E-state index contributed by atoms with van der Waals surface area (Å²) in [4.78, 5) is 51.0. The van der Waals surface area contributed by atoms with Crippen molar-refractivity contribution in [3.05, 3.63) is 72.9 Å². The molecule has 1 rings (SSSR count). The SMILES string of the molecule is CC/C=C\C/C=C\C/C=C\C/C=C\C/C=C\CCCC(=O)OC1C(OCC(COC(=O)CCCCCCCCCCC/C=C\CCCCCCCC)OC(=O)CCCCCCCCCCC)OC(C(=O)O)C(O)C1O. The van der Waals surface area contributed by atoms with Crippen molar-refractivity contribution >= 4 is 23.9 Å². The van der Waals surface area contributed by atoms with E-state index in [0.29, 0.717) is 25.7 Å². The van der Waals surface area contributed by atoms with E-state index in [-0.39, 0.29) is 25.9 Å². The Bertz CT molecular complexity index is 1580. The number of aliphatic hydroxyl groups excluding tert-OH is 2. The summed E-state index contributed by atoms with van der Waals surface area (Å²) in [6.45, 7) is 5.83. The standard InChI is InChI=1S/C63H106O12/c1-4-7-10-13-16-19-21-23-25-27-28-30-31-33-35-38-40-43-46-49-55(64)71-52-54(73-56(65)50-47-44-41-37-18-15-12-9-6-3)53-72-63-61(59(68)58(67)60(75-63)62(69)70)74-57(66)51-48-45-42-39-36-34-32-29-26-24-22-20-17-14-11-8-5-2/h8,11,17,20,23-26,32,34,39,42,54,58-61,63,67-68H,4-7,9-10,12-16,18-19,21-22,27-31,33,35-38,40-41,43-53H2,1-3H3,(H,69,70)/b11-8-,20-17-,25-23-,26-24-,34-32-,42-39-. The van der Waals surface area contributed by atoms with E-state index in [0.717, 1.165) is 70.6 Å². The molecule has 1 heterocycles. The molecule has 0 aromatic rings. The number of aliphatic carboxylic acids is 1. The van der Waals surface area contributed by atoms with Crippen molar-refractivity contribution in [3.8, 4) is 0 Å². The van der Waals surface area contributed by atoms with Gasteiger partial charge in [-0.25, -0.2) is 4.79 Å². The average Bonchev–Trinajstić information content (AvgIpc) is 3.39. The number of unbranched alkanes of at least 4 members (excludes halogenated alkanes) is 24. The van der Waals surface area contributed by atoms with Crippen LogP contribution >= 0.6 is 0 Å². The zero-order valence-corrected chi connectivity index (χ0v) is 47.3. The largest absolute Gasteiger partial charge is 0.479 e. The molecule has 0 bridgehead atoms. The summed E-state index contributed by atoms with van der Waals surface area (Å²) in [5.74, 6) is -3.19. The Hall–Kier alpha value is -3.84. The van der Waals surface area contributed by atoms with Gasteiger partial charge in [0.1, 0.15) is 18.8 Å². The highest BCUT2D eigenvalue weighted by molar-refractivity contribution is 5.74. The first-order valence-corrected chi connectivity index (χ1v) is 29.9. The summed E-state index contributed by atoms with van der Waals surface area (Å²) in [6, 6.07) is 0. The molecular weight excluding hydrogens is 949 g/mol. The van der Waals surface area contributed by atoms with Crippen LogP contribution < -0.4 is 0 Å². The fraction of sp³-hybridized carbons (Fsp3) is 0.746. The molecule has 0 saturated carbocycles. The molecule has 12 nitrogen and oxygen atoms in total. The summed E-state index contributed by atoms with van der Waals surface area (Å²) >= 11 is 0. The van der Waals surface area contributed by atoms with Crippen LogP contribution in [0.2, 0.25) is 0 Å². The smallest absolute Gasteiger partial charge is 0.335 e. The lowest BCUT2D eigenvalue weighted by atomic mass is 9.98. The second-order valence-corrected chi connectivity index (χ2v) is 20.3. The van der Waals surface area contributed by atoms with Crippen molar-refractivity contribution in [2.24, 2.45) is 0 Å². The first-order valence-electron chi connectivity index (χ1n) is 29.9. The predicted molar refractivity (Wildman–Crippen MR) is 303 cm³/mol. The highest BCUT2D eigenvalue weighted by Gasteiger charge is 2.50. The monoisotopic (exact) mass is 1050 g/mol. The number of carbonyl (C=O) groups excluding carboxylic acids is 3. The Morgan fingerprint density at radius 3 is 1.33 bits per heavy atom. The van der Waals surface area contributed by atoms with Crippen LogP contribution in [-0.2, 0) is 42.9 Å². The van der Waals surface area contributed by atoms with Gasteiger partial charge in [-0.1, -0.05) is 222 Å². The number of hydrogen-bond donors (Lipinski definition) is 3. The normalized spacial score (nSPS) is 18.7. The number of rotatable bonds is 50. The van der Waals surface area contributed by atoms with Gasteiger partial charge in [-0.15, -0.1) is 0 Å². The van der Waals surface area contributed by atoms with Gasteiger partial charge in [-0.05, 0) is 83.5 Å². The molecule has 1 fully saturated rings. The number of carboxylic acid groups (broad SMARTS) is 1. The topological polar surface area (TPSA) is 175 Å². The summed E-state index contributed by atoms with van der Waals surface area (Å²) in [5.41, 5.74) is 0. The van der Waals surface area contributed by atoms with Crippen LogP contribution in [0.3, 0.4) is 0 Å². The maximum absolute atomic E-state index is 13.1. The number of aliphatic hydroxyl groups is 2. The van der Waals surface area contributed by atoms with Crippen LogP contribution in [0, 0.1) is 0 Å². The van der Waals surface area contributed by atoms with E-state index in [1.165, 1.54) is 116 Å². The summed E-state index contributed by atoms with van der Waals surface area (Å²) < 4.78 is 28.3. The van der Waals surface area contributed by atoms with Crippen molar-refractivity contribution in [1.29, 1.82) is 0 Å². The number of ether oxygens (including phenoxy) is 5. The molecule has 6 atom stereocenters. The van der Waals surface area contributed by atoms with Gasteiger partial charge in [0.15, 0.2) is 24.6 Å². The van der Waals surface area contributed by atoms with Crippen LogP contribution in [-0.4, -0.2) is 89.2 Å².